The first-order chi connectivity index (χ1) is 14.6. The summed E-state index contributed by atoms with van der Waals surface area (Å²) in [6.45, 7) is 5.60. The Morgan fingerprint density at radius 2 is 1.60 bits per heavy atom. The molecule has 30 heavy (non-hydrogen) atoms. The van der Waals surface area contributed by atoms with Crippen molar-refractivity contribution in [3.63, 3.8) is 0 Å². The lowest BCUT2D eigenvalue weighted by Gasteiger charge is -2.21. The highest BCUT2D eigenvalue weighted by Gasteiger charge is 2.22. The molecule has 6 heteroatoms. The molecule has 0 N–H and O–H groups in total. The Morgan fingerprint density at radius 3 is 2.20 bits per heavy atom. The van der Waals surface area contributed by atoms with Crippen LogP contribution in [0.15, 0.2) is 54.6 Å². The van der Waals surface area contributed by atoms with Gasteiger partial charge in [-0.3, -0.25) is 4.79 Å². The summed E-state index contributed by atoms with van der Waals surface area (Å²) in [4.78, 5) is 15.3. The molecular formula is C24H29N3O3. The van der Waals surface area contributed by atoms with Crippen LogP contribution in [-0.4, -0.2) is 47.9 Å². The molecule has 0 bridgehead atoms. The van der Waals surface area contributed by atoms with Crippen LogP contribution < -0.4 is 9.47 Å². The monoisotopic (exact) mass is 407 g/mol. The predicted molar refractivity (Wildman–Crippen MR) is 119 cm³/mol. The van der Waals surface area contributed by atoms with Crippen molar-refractivity contribution in [3.05, 3.63) is 60.3 Å². The Kier molecular flexibility index (Phi) is 7.12. The van der Waals surface area contributed by atoms with Crippen molar-refractivity contribution in [1.82, 2.24) is 14.7 Å². The van der Waals surface area contributed by atoms with Gasteiger partial charge < -0.3 is 14.4 Å². The summed E-state index contributed by atoms with van der Waals surface area (Å²) in [6, 6.07) is 17.1. The molecule has 0 saturated carbocycles. The lowest BCUT2D eigenvalue weighted by atomic mass is 10.1. The third-order valence-corrected chi connectivity index (χ3v) is 4.89. The zero-order chi connectivity index (χ0) is 21.5. The molecule has 0 spiro atoms. The smallest absolute Gasteiger partial charge is 0.272 e. The van der Waals surface area contributed by atoms with Crippen molar-refractivity contribution in [2.24, 2.45) is 0 Å². The van der Waals surface area contributed by atoms with E-state index in [4.69, 9.17) is 14.6 Å². The van der Waals surface area contributed by atoms with Crippen molar-refractivity contribution < 1.29 is 14.3 Å². The second-order valence-electron chi connectivity index (χ2n) is 7.05. The largest absolute Gasteiger partial charge is 0.497 e. The van der Waals surface area contributed by atoms with Gasteiger partial charge in [0.1, 0.15) is 17.2 Å². The molecule has 1 heterocycles. The van der Waals surface area contributed by atoms with E-state index < -0.39 is 0 Å². The Morgan fingerprint density at radius 1 is 0.933 bits per heavy atom. The second kappa shape index (κ2) is 9.96. The normalized spacial score (nSPS) is 10.7. The van der Waals surface area contributed by atoms with Crippen LogP contribution in [-0.2, 0) is 0 Å². The number of ether oxygens (including phenoxy) is 2. The fourth-order valence-corrected chi connectivity index (χ4v) is 3.39. The summed E-state index contributed by atoms with van der Waals surface area (Å²) in [5.41, 5.74) is 2.97. The average molecular weight is 408 g/mol. The summed E-state index contributed by atoms with van der Waals surface area (Å²) in [5, 5.41) is 4.78. The lowest BCUT2D eigenvalue weighted by Crippen LogP contribution is -2.33. The highest BCUT2D eigenvalue weighted by molar-refractivity contribution is 5.94. The van der Waals surface area contributed by atoms with Gasteiger partial charge in [0, 0.05) is 18.7 Å². The van der Waals surface area contributed by atoms with Crippen LogP contribution in [0.1, 0.15) is 37.2 Å². The molecule has 1 amide bonds. The molecule has 158 valence electrons. The Balaban J connectivity index is 2.09. The van der Waals surface area contributed by atoms with E-state index in [1.807, 2.05) is 59.5 Å². The molecule has 0 unspecified atom stereocenters. The van der Waals surface area contributed by atoms with E-state index in [2.05, 4.69) is 13.8 Å². The van der Waals surface area contributed by atoms with Gasteiger partial charge in [-0.05, 0) is 55.3 Å². The van der Waals surface area contributed by atoms with Gasteiger partial charge in [-0.15, -0.1) is 0 Å². The zero-order valence-corrected chi connectivity index (χ0v) is 18.1. The molecule has 3 aromatic rings. The minimum atomic E-state index is -0.0174. The third kappa shape index (κ3) is 4.64. The summed E-state index contributed by atoms with van der Waals surface area (Å²) >= 11 is 0. The third-order valence-electron chi connectivity index (χ3n) is 4.89. The highest BCUT2D eigenvalue weighted by atomic mass is 16.5. The fourth-order valence-electron chi connectivity index (χ4n) is 3.39. The van der Waals surface area contributed by atoms with E-state index in [1.165, 1.54) is 0 Å². The van der Waals surface area contributed by atoms with Gasteiger partial charge >= 0.3 is 0 Å². The Labute approximate surface area is 178 Å². The van der Waals surface area contributed by atoms with E-state index in [9.17, 15) is 4.79 Å². The summed E-state index contributed by atoms with van der Waals surface area (Å²) in [6.07, 6.45) is 1.82. The van der Waals surface area contributed by atoms with Crippen molar-refractivity contribution in [1.29, 1.82) is 0 Å². The van der Waals surface area contributed by atoms with Crippen molar-refractivity contribution in [3.8, 4) is 28.4 Å². The van der Waals surface area contributed by atoms with Crippen LogP contribution in [0, 0.1) is 0 Å². The van der Waals surface area contributed by atoms with E-state index in [0.717, 1.165) is 54.4 Å². The first-order valence-corrected chi connectivity index (χ1v) is 10.3. The predicted octanol–water partition coefficient (Wildman–Crippen LogP) is 4.82. The number of hydrogen-bond donors (Lipinski definition) is 0. The number of rotatable bonds is 9. The van der Waals surface area contributed by atoms with Crippen LogP contribution in [0.3, 0.4) is 0 Å². The van der Waals surface area contributed by atoms with Gasteiger partial charge in [-0.2, -0.15) is 5.10 Å². The van der Waals surface area contributed by atoms with E-state index >= 15 is 0 Å². The average Bonchev–Trinajstić information content (AvgIpc) is 3.24. The number of amides is 1. The summed E-state index contributed by atoms with van der Waals surface area (Å²) in [5.74, 6) is 1.49. The van der Waals surface area contributed by atoms with Gasteiger partial charge in [0.2, 0.25) is 0 Å². The maximum absolute atomic E-state index is 13.4. The van der Waals surface area contributed by atoms with Crippen LogP contribution in [0.25, 0.3) is 16.9 Å². The fraction of sp³-hybridized carbons (Fsp3) is 0.333. The molecule has 1 aromatic heterocycles. The molecule has 3 rings (SSSR count). The highest BCUT2D eigenvalue weighted by Crippen LogP contribution is 2.26. The minimum Gasteiger partial charge on any atom is -0.497 e. The number of carbonyl (C=O) groups excluding carboxylic acids is 1. The van der Waals surface area contributed by atoms with Crippen LogP contribution in [0.2, 0.25) is 0 Å². The maximum atomic E-state index is 13.4. The summed E-state index contributed by atoms with van der Waals surface area (Å²) < 4.78 is 12.3. The second-order valence-corrected chi connectivity index (χ2v) is 7.05. The Hall–Kier alpha value is -3.28. The quantitative estimate of drug-likeness (QED) is 0.510. The van der Waals surface area contributed by atoms with Crippen LogP contribution in [0.4, 0.5) is 0 Å². The SMILES string of the molecule is CCCN(CCC)C(=O)c1cc(-c2cccc(OC)c2)nn1-c1ccc(OC)cc1. The molecule has 0 saturated heterocycles. The van der Waals surface area contributed by atoms with Gasteiger partial charge in [0.15, 0.2) is 0 Å². The number of nitrogens with zero attached hydrogens (tertiary/aromatic N) is 3. The van der Waals surface area contributed by atoms with E-state index in [-0.39, 0.29) is 5.91 Å². The van der Waals surface area contributed by atoms with E-state index in [1.54, 1.807) is 18.9 Å². The molecule has 0 radical (unpaired) electrons. The molecule has 0 aliphatic heterocycles. The summed E-state index contributed by atoms with van der Waals surface area (Å²) in [7, 11) is 3.27. The van der Waals surface area contributed by atoms with Gasteiger partial charge in [-0.25, -0.2) is 4.68 Å². The van der Waals surface area contributed by atoms with E-state index in [0.29, 0.717) is 5.69 Å². The number of methoxy groups -OCH3 is 2. The van der Waals surface area contributed by atoms with Crippen LogP contribution >= 0.6 is 0 Å². The molecule has 0 aliphatic carbocycles. The molecule has 0 fully saturated rings. The standard InChI is InChI=1S/C24H29N3O3/c1-5-14-26(15-6-2)24(28)23-17-22(18-8-7-9-21(16-18)30-4)25-27(23)19-10-12-20(29-3)13-11-19/h7-13,16-17H,5-6,14-15H2,1-4H3. The zero-order valence-electron chi connectivity index (χ0n) is 18.1. The maximum Gasteiger partial charge on any atom is 0.272 e. The lowest BCUT2D eigenvalue weighted by molar-refractivity contribution is 0.0746. The number of benzene rings is 2. The molecule has 2 aromatic carbocycles. The molecular weight excluding hydrogens is 378 g/mol. The van der Waals surface area contributed by atoms with Crippen molar-refractivity contribution in [2.45, 2.75) is 26.7 Å². The van der Waals surface area contributed by atoms with Gasteiger partial charge in [-0.1, -0.05) is 26.0 Å². The topological polar surface area (TPSA) is 56.6 Å². The number of hydrogen-bond acceptors (Lipinski definition) is 4. The van der Waals surface area contributed by atoms with Crippen molar-refractivity contribution >= 4 is 5.91 Å². The number of carbonyl (C=O) groups is 1. The molecule has 0 atom stereocenters. The molecule has 6 nitrogen and oxygen atoms in total. The van der Waals surface area contributed by atoms with Crippen LogP contribution in [0.5, 0.6) is 11.5 Å². The Bertz CT molecular complexity index is 974. The first-order valence-electron chi connectivity index (χ1n) is 10.3. The van der Waals surface area contributed by atoms with Gasteiger partial charge in [0.25, 0.3) is 5.91 Å². The first kappa shape index (κ1) is 21.4. The van der Waals surface area contributed by atoms with Gasteiger partial charge in [0.05, 0.1) is 25.6 Å². The molecule has 0 aliphatic rings. The van der Waals surface area contributed by atoms with Crippen molar-refractivity contribution in [2.75, 3.05) is 27.3 Å². The minimum absolute atomic E-state index is 0.0174. The number of aromatic nitrogens is 2.